The van der Waals surface area contributed by atoms with E-state index < -0.39 is 23.8 Å². The lowest BCUT2D eigenvalue weighted by molar-refractivity contribution is -0.202. The number of aliphatic hydroxyl groups excluding tert-OH is 1. The summed E-state index contributed by atoms with van der Waals surface area (Å²) in [4.78, 5) is 27.1. The van der Waals surface area contributed by atoms with Crippen LogP contribution in [-0.4, -0.2) is 48.6 Å². The molecule has 0 saturated carbocycles. The van der Waals surface area contributed by atoms with E-state index in [1.807, 2.05) is 67.6 Å². The smallest absolute Gasteiger partial charge is 0.453 e. The largest absolute Gasteiger partial charge is 0.459 e. The van der Waals surface area contributed by atoms with Crippen LogP contribution in [0.25, 0.3) is 0 Å². The molecule has 12 heteroatoms. The second-order valence-corrected chi connectivity index (χ2v) is 13.5. The topological polar surface area (TPSA) is 103 Å². The van der Waals surface area contributed by atoms with E-state index in [1.165, 1.54) is 0 Å². The van der Waals surface area contributed by atoms with Gasteiger partial charge in [-0.25, -0.2) is 9.59 Å². The maximum Gasteiger partial charge on any atom is 0.453 e. The summed E-state index contributed by atoms with van der Waals surface area (Å²) in [7, 11) is 0. The van der Waals surface area contributed by atoms with Gasteiger partial charge in [-0.05, 0) is 84.1 Å². The van der Waals surface area contributed by atoms with Crippen LogP contribution in [0, 0.1) is 0 Å². The van der Waals surface area contributed by atoms with Crippen LogP contribution in [0.15, 0.2) is 99.9 Å². The highest BCUT2D eigenvalue weighted by molar-refractivity contribution is 9.10. The molecule has 1 aliphatic heterocycles. The summed E-state index contributed by atoms with van der Waals surface area (Å²) in [5, 5.41) is 14.5. The molecule has 1 heterocycles. The van der Waals surface area contributed by atoms with Crippen LogP contribution in [0.3, 0.4) is 0 Å². The van der Waals surface area contributed by atoms with Crippen LogP contribution in [-0.2, 0) is 38.3 Å². The second kappa shape index (κ2) is 17.5. The Bertz CT molecular complexity index is 1660. The summed E-state index contributed by atoms with van der Waals surface area (Å²) >= 11 is 12.9. The first-order chi connectivity index (χ1) is 22.6. The first kappa shape index (κ1) is 37.7. The zero-order valence-corrected chi connectivity index (χ0v) is 30.7. The summed E-state index contributed by atoms with van der Waals surface area (Å²) in [5.74, 6) is -3.99. The van der Waals surface area contributed by atoms with Gasteiger partial charge in [-0.2, -0.15) is 0 Å². The molecule has 0 aromatic heterocycles. The lowest BCUT2D eigenvalue weighted by atomic mass is 10.1. The Balaban J connectivity index is 0.00000520. The molecule has 4 aromatic rings. The van der Waals surface area contributed by atoms with Crippen molar-refractivity contribution >= 4 is 67.8 Å². The van der Waals surface area contributed by atoms with Gasteiger partial charge < -0.3 is 29.4 Å². The van der Waals surface area contributed by atoms with Gasteiger partial charge in [0, 0.05) is 39.4 Å². The van der Waals surface area contributed by atoms with Crippen LogP contribution < -0.4 is 14.8 Å². The van der Waals surface area contributed by atoms with E-state index in [1.54, 1.807) is 30.3 Å². The lowest BCUT2D eigenvalue weighted by Crippen LogP contribution is -2.56. The van der Waals surface area contributed by atoms with E-state index in [0.717, 1.165) is 31.2 Å². The van der Waals surface area contributed by atoms with Gasteiger partial charge in [0.05, 0.1) is 19.3 Å². The number of rotatable bonds is 14. The number of aliphatic hydroxyl groups is 1. The van der Waals surface area contributed by atoms with Gasteiger partial charge in [0.2, 0.25) is 0 Å². The highest BCUT2D eigenvalue weighted by atomic mass is 79.9. The number of fused-ring (bicyclic) bond motifs is 1. The minimum absolute atomic E-state index is 0. The van der Waals surface area contributed by atoms with Crippen LogP contribution in [0.1, 0.15) is 35.3 Å². The normalized spacial score (nSPS) is 14.0. The molecule has 5 rings (SSSR count). The van der Waals surface area contributed by atoms with Crippen molar-refractivity contribution in [1.82, 2.24) is 5.32 Å². The van der Waals surface area contributed by atoms with Crippen molar-refractivity contribution < 1.29 is 33.6 Å². The van der Waals surface area contributed by atoms with Crippen molar-refractivity contribution in [2.45, 2.75) is 44.1 Å². The minimum atomic E-state index is -2.44. The molecular formula is C36H35Br2Cl2NO7. The number of carbonyl (C=O) groups excluding carboxylic acids is 2. The van der Waals surface area contributed by atoms with Crippen molar-refractivity contribution in [2.24, 2.45) is 0 Å². The van der Waals surface area contributed by atoms with Gasteiger partial charge in [-0.3, -0.25) is 0 Å². The van der Waals surface area contributed by atoms with E-state index in [4.69, 9.17) is 30.5 Å². The average Bonchev–Trinajstić information content (AvgIpc) is 3.44. The Kier molecular flexibility index (Phi) is 13.8. The van der Waals surface area contributed by atoms with Gasteiger partial charge in [0.1, 0.15) is 0 Å². The Hall–Kier alpha value is -3.12. The predicted octanol–water partition coefficient (Wildman–Crippen LogP) is 7.58. The minimum Gasteiger partial charge on any atom is -0.459 e. The fourth-order valence-corrected chi connectivity index (χ4v) is 6.18. The molecule has 48 heavy (non-hydrogen) atoms. The number of carbonyl (C=O) groups is 2. The fourth-order valence-electron chi connectivity index (χ4n) is 5.09. The monoisotopic (exact) mass is 821 g/mol. The third kappa shape index (κ3) is 9.96. The van der Waals surface area contributed by atoms with Crippen molar-refractivity contribution in [3.05, 3.63) is 127 Å². The molecule has 0 radical (unpaired) electrons. The van der Waals surface area contributed by atoms with E-state index in [0.29, 0.717) is 30.8 Å². The summed E-state index contributed by atoms with van der Waals surface area (Å²) in [6.45, 7) is 2.32. The molecule has 4 aromatic carbocycles. The highest BCUT2D eigenvalue weighted by Crippen LogP contribution is 2.41. The highest BCUT2D eigenvalue weighted by Gasteiger charge is 2.59. The Morgan fingerprint density at radius 3 is 1.98 bits per heavy atom. The zero-order chi connectivity index (χ0) is 33.4. The van der Waals surface area contributed by atoms with Gasteiger partial charge >= 0.3 is 17.7 Å². The second-order valence-electron chi connectivity index (χ2n) is 11.2. The van der Waals surface area contributed by atoms with E-state index in [9.17, 15) is 14.7 Å². The molecule has 1 unspecified atom stereocenters. The van der Waals surface area contributed by atoms with Gasteiger partial charge in [0.15, 0.2) is 11.5 Å². The number of esters is 2. The molecule has 1 aliphatic rings. The first-order valence-electron chi connectivity index (χ1n) is 15.1. The standard InChI is InChI=1S/C36H34Br2ClNO7.ClH/c1-23(40-22-31(41)27-7-4-10-30(39)21-27)17-26-11-12-32-33(20-26)47-36(46-32,34(42)44-15-13-24-5-2-8-28(37)18-24)35(43)45-16-14-25-6-3-9-29(38)19-25;/h2-12,18-21,23,31,40-41H,13-17,22H2,1H3;1H/t23-,31?;/m1./s1. The van der Waals surface area contributed by atoms with Crippen LogP contribution in [0.2, 0.25) is 5.02 Å². The van der Waals surface area contributed by atoms with Gasteiger partial charge in [0.25, 0.3) is 0 Å². The number of hydrogen-bond acceptors (Lipinski definition) is 8. The average molecular weight is 824 g/mol. The molecule has 0 amide bonds. The van der Waals surface area contributed by atoms with Crippen LogP contribution >= 0.6 is 55.9 Å². The number of ether oxygens (including phenoxy) is 4. The maximum atomic E-state index is 13.5. The van der Waals surface area contributed by atoms with Crippen LogP contribution in [0.4, 0.5) is 0 Å². The summed E-state index contributed by atoms with van der Waals surface area (Å²) in [6.07, 6.45) is 0.692. The van der Waals surface area contributed by atoms with Crippen molar-refractivity contribution in [1.29, 1.82) is 0 Å². The fraction of sp³-hybridized carbons (Fsp3) is 0.278. The summed E-state index contributed by atoms with van der Waals surface area (Å²) < 4.78 is 24.8. The predicted molar refractivity (Wildman–Crippen MR) is 193 cm³/mol. The number of benzene rings is 4. The molecule has 0 bridgehead atoms. The van der Waals surface area contributed by atoms with Crippen molar-refractivity contribution in [2.75, 3.05) is 19.8 Å². The molecule has 2 N–H and O–H groups in total. The lowest BCUT2D eigenvalue weighted by Gasteiger charge is -2.23. The Morgan fingerprint density at radius 1 is 0.812 bits per heavy atom. The van der Waals surface area contributed by atoms with E-state index >= 15 is 0 Å². The number of hydrogen-bond donors (Lipinski definition) is 2. The van der Waals surface area contributed by atoms with Crippen molar-refractivity contribution in [3.63, 3.8) is 0 Å². The summed E-state index contributed by atoms with van der Waals surface area (Å²) in [5.41, 5.74) is 3.48. The number of halogens is 4. The summed E-state index contributed by atoms with van der Waals surface area (Å²) in [6, 6.07) is 27.6. The van der Waals surface area contributed by atoms with E-state index in [2.05, 4.69) is 37.2 Å². The molecule has 0 spiro atoms. The Morgan fingerprint density at radius 2 is 1.40 bits per heavy atom. The van der Waals surface area contributed by atoms with Crippen molar-refractivity contribution in [3.8, 4) is 11.5 Å². The molecule has 0 fully saturated rings. The first-order valence-corrected chi connectivity index (χ1v) is 17.1. The quantitative estimate of drug-likeness (QED) is 0.0992. The van der Waals surface area contributed by atoms with E-state index in [-0.39, 0.29) is 43.2 Å². The third-order valence-corrected chi connectivity index (χ3v) is 8.74. The molecule has 8 nitrogen and oxygen atoms in total. The van der Waals surface area contributed by atoms with Crippen LogP contribution in [0.5, 0.6) is 11.5 Å². The molecular weight excluding hydrogens is 789 g/mol. The molecule has 254 valence electrons. The molecule has 0 aliphatic carbocycles. The molecule has 0 saturated heterocycles. The zero-order valence-electron chi connectivity index (χ0n) is 26.0. The Labute approximate surface area is 307 Å². The maximum absolute atomic E-state index is 13.5. The van der Waals surface area contributed by atoms with Gasteiger partial charge in [-0.15, -0.1) is 12.4 Å². The number of nitrogens with one attached hydrogen (secondary N) is 1. The molecule has 2 atom stereocenters. The SMILES string of the molecule is C[C@H](Cc1ccc2c(c1)OC(C(=O)OCCc1cccc(Br)c1)(C(=O)OCCc1cccc(Br)c1)O2)NCC(O)c1cccc(Cl)c1.Cl. The van der Waals surface area contributed by atoms with Gasteiger partial charge in [-0.1, -0.05) is 85.9 Å². The third-order valence-electron chi connectivity index (χ3n) is 7.51.